The molecule has 2 saturated carbocycles. The molecule has 0 aromatic carbocycles. The third-order valence-corrected chi connectivity index (χ3v) is 3.94. The Hall–Kier alpha value is -0.571. The summed E-state index contributed by atoms with van der Waals surface area (Å²) in [4.78, 5) is 14.3. The van der Waals surface area contributed by atoms with E-state index in [0.717, 1.165) is 11.7 Å². The first-order valence-electron chi connectivity index (χ1n) is 7.48. The molecule has 4 rings (SSSR count). The number of ketones is 1. The van der Waals surface area contributed by atoms with Crippen LogP contribution in [0.3, 0.4) is 0 Å². The van der Waals surface area contributed by atoms with Crippen LogP contribution in [0.1, 0.15) is 12.7 Å². The van der Waals surface area contributed by atoms with Gasteiger partial charge in [0.25, 0.3) is 0 Å². The summed E-state index contributed by atoms with van der Waals surface area (Å²) in [5.41, 5.74) is 0. The van der Waals surface area contributed by atoms with Crippen LogP contribution in [0.2, 0.25) is 0 Å². The predicted octanol–water partition coefficient (Wildman–Crippen LogP) is 2.85. The second kappa shape index (κ2) is 9.05. The van der Waals surface area contributed by atoms with Crippen LogP contribution in [0.5, 0.6) is 0 Å². The van der Waals surface area contributed by atoms with E-state index in [-0.39, 0.29) is 28.9 Å². The monoisotopic (exact) mass is 349 g/mol. The first-order valence-corrected chi connectivity index (χ1v) is 7.48. The van der Waals surface area contributed by atoms with E-state index in [4.69, 9.17) is 4.42 Å². The van der Waals surface area contributed by atoms with Gasteiger partial charge in [0.15, 0.2) is 5.78 Å². The van der Waals surface area contributed by atoms with Crippen LogP contribution in [0, 0.1) is 63.7 Å². The number of rotatable bonds is 4. The Morgan fingerprint density at radius 1 is 1.09 bits per heavy atom. The van der Waals surface area contributed by atoms with Gasteiger partial charge in [-0.2, -0.15) is 0 Å². The van der Waals surface area contributed by atoms with E-state index < -0.39 is 0 Å². The van der Waals surface area contributed by atoms with Gasteiger partial charge >= 0.3 is 17.1 Å². The fourth-order valence-electron chi connectivity index (χ4n) is 2.63. The van der Waals surface area contributed by atoms with Crippen molar-refractivity contribution >= 4 is 5.78 Å². The Balaban J connectivity index is 0.000000276. The zero-order chi connectivity index (χ0) is 15.4. The first-order chi connectivity index (χ1) is 10.8. The second-order valence-electron chi connectivity index (χ2n) is 5.44. The molecule has 2 aliphatic carbocycles. The number of Topliss-reactive ketones (excluding diaryl/α,β-unsaturated/α-hetero) is 1. The Morgan fingerprint density at radius 2 is 1.70 bits per heavy atom. The molecule has 3 nitrogen and oxygen atoms in total. The van der Waals surface area contributed by atoms with Gasteiger partial charge in [0.1, 0.15) is 5.76 Å². The van der Waals surface area contributed by atoms with Crippen molar-refractivity contribution in [3.05, 3.63) is 87.9 Å². The zero-order valence-electron chi connectivity index (χ0n) is 12.9. The van der Waals surface area contributed by atoms with Crippen LogP contribution in [0.25, 0.3) is 0 Å². The van der Waals surface area contributed by atoms with E-state index >= 15 is 0 Å². The van der Waals surface area contributed by atoms with Gasteiger partial charge in [-0.15, -0.1) is 0 Å². The van der Waals surface area contributed by atoms with Gasteiger partial charge in [-0.1, -0.05) is 0 Å². The Morgan fingerprint density at radius 3 is 2.22 bits per heavy atom. The van der Waals surface area contributed by atoms with Crippen molar-refractivity contribution in [1.29, 1.82) is 0 Å². The second-order valence-corrected chi connectivity index (χ2v) is 5.44. The average Bonchev–Trinajstić information content (AvgIpc) is 3.16. The minimum absolute atomic E-state index is 0. The molecule has 0 N–H and O–H groups in total. The number of hydrogen-bond acceptors (Lipinski definition) is 3. The van der Waals surface area contributed by atoms with Crippen molar-refractivity contribution in [2.45, 2.75) is 25.6 Å². The zero-order valence-corrected chi connectivity index (χ0v) is 14.0. The van der Waals surface area contributed by atoms with Crippen molar-refractivity contribution in [1.82, 2.24) is 4.90 Å². The molecule has 1 unspecified atom stereocenters. The maximum atomic E-state index is 12.1. The van der Waals surface area contributed by atoms with Crippen molar-refractivity contribution in [3.8, 4) is 0 Å². The SMILES string of the molecule is C[C@H]1[C@@H](C(=O)[C]2[CH][CH][CH][CH]2)N1Cc1ccco1.[CH]1[CH][CH][CH][CH]1.[Fe+2]. The van der Waals surface area contributed by atoms with Crippen molar-refractivity contribution < 1.29 is 26.3 Å². The third kappa shape index (κ3) is 4.95. The topological polar surface area (TPSA) is 33.2 Å². The van der Waals surface area contributed by atoms with Gasteiger partial charge < -0.3 is 4.42 Å². The van der Waals surface area contributed by atoms with Crippen LogP contribution in [-0.2, 0) is 28.4 Å². The van der Waals surface area contributed by atoms with Crippen LogP contribution in [0.15, 0.2) is 22.8 Å². The van der Waals surface area contributed by atoms with Gasteiger partial charge in [0.2, 0.25) is 0 Å². The maximum absolute atomic E-state index is 12.1. The summed E-state index contributed by atoms with van der Waals surface area (Å²) < 4.78 is 5.30. The summed E-state index contributed by atoms with van der Waals surface area (Å²) in [5, 5.41) is 0. The van der Waals surface area contributed by atoms with Crippen molar-refractivity contribution in [2.75, 3.05) is 0 Å². The Kier molecular flexibility index (Phi) is 7.39. The third-order valence-electron chi connectivity index (χ3n) is 3.94. The average molecular weight is 349 g/mol. The van der Waals surface area contributed by atoms with Crippen LogP contribution in [-0.4, -0.2) is 22.8 Å². The summed E-state index contributed by atoms with van der Waals surface area (Å²) >= 11 is 0. The summed E-state index contributed by atoms with van der Waals surface area (Å²) in [6, 6.07) is 4.14. The van der Waals surface area contributed by atoms with E-state index in [0.29, 0.717) is 12.6 Å². The van der Waals surface area contributed by atoms with Gasteiger partial charge in [-0.3, -0.25) is 9.69 Å². The molecule has 118 valence electrons. The van der Waals surface area contributed by atoms with E-state index in [1.165, 1.54) is 0 Å². The molecule has 1 aromatic heterocycles. The first kappa shape index (κ1) is 18.8. The van der Waals surface area contributed by atoms with Gasteiger partial charge in [-0.05, 0) is 76.8 Å². The fraction of sp³-hybridized carbons (Fsp3) is 0.211. The summed E-state index contributed by atoms with van der Waals surface area (Å²) in [6.45, 7) is 2.79. The molecule has 3 fully saturated rings. The summed E-state index contributed by atoms with van der Waals surface area (Å²) in [7, 11) is 0. The standard InChI is InChI=1S/C14H14NO2.C5H5.Fe/c1-10-13(14(16)11-5-2-3-6-11)15(10)9-12-7-4-8-17-12;1-2-4-5-3-1;/h2-8,10,13H,9H2,1H3;1-5H;/q;;+2/t10-,13-,15?;;/m0../s1. The van der Waals surface area contributed by atoms with Gasteiger partial charge in [0.05, 0.1) is 24.8 Å². The predicted molar refractivity (Wildman–Crippen MR) is 84.5 cm³/mol. The van der Waals surface area contributed by atoms with Crippen molar-refractivity contribution in [3.63, 3.8) is 0 Å². The molecular weight excluding hydrogens is 330 g/mol. The maximum Gasteiger partial charge on any atom is 2.00 e. The van der Waals surface area contributed by atoms with E-state index in [9.17, 15) is 4.79 Å². The quantitative estimate of drug-likeness (QED) is 0.619. The molecule has 3 aliphatic rings. The van der Waals surface area contributed by atoms with Gasteiger partial charge in [0, 0.05) is 6.04 Å². The molecule has 1 aromatic rings. The van der Waals surface area contributed by atoms with E-state index in [1.807, 2.05) is 69.9 Å². The van der Waals surface area contributed by atoms with Crippen LogP contribution >= 0.6 is 0 Å². The summed E-state index contributed by atoms with van der Waals surface area (Å²) in [5.74, 6) is 1.94. The minimum Gasteiger partial charge on any atom is -0.468 e. The number of hydrogen-bond donors (Lipinski definition) is 0. The Bertz CT molecular complexity index is 456. The molecule has 23 heavy (non-hydrogen) atoms. The smallest absolute Gasteiger partial charge is 0.468 e. The Labute approximate surface area is 150 Å². The molecule has 10 radical (unpaired) electrons. The summed E-state index contributed by atoms with van der Waals surface area (Å²) in [6.07, 6.45) is 19.2. The molecule has 0 spiro atoms. The molecule has 0 bridgehead atoms. The molecule has 0 amide bonds. The fourth-order valence-corrected chi connectivity index (χ4v) is 2.63. The minimum atomic E-state index is 0. The van der Waals surface area contributed by atoms with Crippen LogP contribution in [0.4, 0.5) is 0 Å². The molecule has 3 atom stereocenters. The molecule has 1 aliphatic heterocycles. The molecule has 4 heteroatoms. The molecule has 2 heterocycles. The van der Waals surface area contributed by atoms with Gasteiger partial charge in [-0.25, -0.2) is 0 Å². The number of nitrogens with zero attached hydrogens (tertiary/aromatic N) is 1. The molecule has 1 saturated heterocycles. The van der Waals surface area contributed by atoms with Crippen LogP contribution < -0.4 is 0 Å². The number of carbonyl (C=O) groups is 1. The molecular formula is C19H19FeNO2+2. The normalized spacial score (nSPS) is 29.5. The van der Waals surface area contributed by atoms with Crippen molar-refractivity contribution in [2.24, 2.45) is 0 Å². The largest absolute Gasteiger partial charge is 2.00 e. The number of carbonyl (C=O) groups excluding carboxylic acids is 1. The van der Waals surface area contributed by atoms with E-state index in [2.05, 4.69) is 11.8 Å². The van der Waals surface area contributed by atoms with E-state index in [1.54, 1.807) is 6.26 Å². The number of furan rings is 1.